The molecule has 0 saturated carbocycles. The van der Waals surface area contributed by atoms with Gasteiger partial charge >= 0.3 is 0 Å². The molecule has 80 valence electrons. The molecule has 0 N–H and O–H groups in total. The minimum Gasteiger partial charge on any atom is -0.162 e. The molecule has 0 aromatic heterocycles. The van der Waals surface area contributed by atoms with E-state index in [1.54, 1.807) is 0 Å². The SMILES string of the molecule is CCC(CC(C)[C@H]1C#CCCC1)SC. The number of rotatable bonds is 5. The highest BCUT2D eigenvalue weighted by Gasteiger charge is 2.19. The van der Waals surface area contributed by atoms with Crippen molar-refractivity contribution in [1.29, 1.82) is 0 Å². The van der Waals surface area contributed by atoms with E-state index in [0.717, 1.165) is 17.6 Å². The first kappa shape index (κ1) is 12.0. The van der Waals surface area contributed by atoms with E-state index in [0.29, 0.717) is 5.92 Å². The third-order valence-electron chi connectivity index (χ3n) is 3.21. The van der Waals surface area contributed by atoms with Crippen LogP contribution in [0.4, 0.5) is 0 Å². The van der Waals surface area contributed by atoms with Crippen molar-refractivity contribution in [2.45, 2.75) is 51.2 Å². The minimum atomic E-state index is 0.685. The molecule has 0 radical (unpaired) electrons. The summed E-state index contributed by atoms with van der Waals surface area (Å²) in [4.78, 5) is 0. The summed E-state index contributed by atoms with van der Waals surface area (Å²) in [6, 6.07) is 0. The molecular weight excluding hydrogens is 188 g/mol. The van der Waals surface area contributed by atoms with Crippen LogP contribution >= 0.6 is 11.8 Å². The zero-order valence-corrected chi connectivity index (χ0v) is 10.5. The Morgan fingerprint density at radius 2 is 2.29 bits per heavy atom. The zero-order valence-electron chi connectivity index (χ0n) is 9.68. The maximum absolute atomic E-state index is 3.41. The van der Waals surface area contributed by atoms with Gasteiger partial charge in [-0.05, 0) is 37.9 Å². The molecule has 14 heavy (non-hydrogen) atoms. The maximum Gasteiger partial charge on any atom is 0.0229 e. The van der Waals surface area contributed by atoms with Crippen molar-refractivity contribution < 1.29 is 0 Å². The van der Waals surface area contributed by atoms with E-state index in [2.05, 4.69) is 31.9 Å². The highest BCUT2D eigenvalue weighted by molar-refractivity contribution is 7.99. The molecule has 0 saturated heterocycles. The fourth-order valence-electron chi connectivity index (χ4n) is 2.12. The lowest BCUT2D eigenvalue weighted by atomic mass is 9.84. The van der Waals surface area contributed by atoms with Gasteiger partial charge in [0.25, 0.3) is 0 Å². The van der Waals surface area contributed by atoms with Gasteiger partial charge in [0.1, 0.15) is 0 Å². The van der Waals surface area contributed by atoms with Crippen LogP contribution in [0.2, 0.25) is 0 Å². The fourth-order valence-corrected chi connectivity index (χ4v) is 2.95. The second-order valence-electron chi connectivity index (χ2n) is 4.30. The van der Waals surface area contributed by atoms with Crippen LogP contribution in [0, 0.1) is 23.7 Å². The van der Waals surface area contributed by atoms with Crippen LogP contribution in [0.15, 0.2) is 0 Å². The van der Waals surface area contributed by atoms with Gasteiger partial charge < -0.3 is 0 Å². The summed E-state index contributed by atoms with van der Waals surface area (Å²) in [7, 11) is 0. The summed E-state index contributed by atoms with van der Waals surface area (Å²) in [5.74, 6) is 8.16. The summed E-state index contributed by atoms with van der Waals surface area (Å²) in [5, 5.41) is 0.841. The highest BCUT2D eigenvalue weighted by atomic mass is 32.2. The number of hydrogen-bond donors (Lipinski definition) is 0. The molecule has 0 spiro atoms. The molecule has 0 amide bonds. The second kappa shape index (κ2) is 6.40. The van der Waals surface area contributed by atoms with E-state index in [9.17, 15) is 0 Å². The van der Waals surface area contributed by atoms with Crippen LogP contribution in [-0.4, -0.2) is 11.5 Å². The largest absolute Gasteiger partial charge is 0.162 e. The molecule has 1 aliphatic rings. The summed E-state index contributed by atoms with van der Waals surface area (Å²) >= 11 is 2.01. The van der Waals surface area contributed by atoms with Crippen molar-refractivity contribution in [3.8, 4) is 11.8 Å². The van der Waals surface area contributed by atoms with Crippen molar-refractivity contribution in [2.24, 2.45) is 11.8 Å². The van der Waals surface area contributed by atoms with Crippen molar-refractivity contribution >= 4 is 11.8 Å². The Kier molecular flexibility index (Phi) is 5.48. The molecule has 0 bridgehead atoms. The van der Waals surface area contributed by atoms with Gasteiger partial charge in [-0.2, -0.15) is 11.8 Å². The Balaban J connectivity index is 2.38. The quantitative estimate of drug-likeness (QED) is 0.619. The second-order valence-corrected chi connectivity index (χ2v) is 5.44. The molecule has 0 aliphatic heterocycles. The van der Waals surface area contributed by atoms with Crippen LogP contribution < -0.4 is 0 Å². The topological polar surface area (TPSA) is 0 Å². The Hall–Kier alpha value is -0.0900. The Labute approximate surface area is 93.2 Å². The number of hydrogen-bond acceptors (Lipinski definition) is 1. The lowest BCUT2D eigenvalue weighted by Gasteiger charge is -2.24. The van der Waals surface area contributed by atoms with Crippen LogP contribution in [0.5, 0.6) is 0 Å². The maximum atomic E-state index is 3.41. The molecule has 3 atom stereocenters. The molecule has 0 fully saturated rings. The molecule has 0 nitrogen and oxygen atoms in total. The fraction of sp³-hybridized carbons (Fsp3) is 0.846. The normalized spacial score (nSPS) is 24.9. The molecule has 1 heteroatoms. The smallest absolute Gasteiger partial charge is 0.0229 e. The molecule has 0 aromatic rings. The average Bonchev–Trinajstić information content (AvgIpc) is 2.26. The van der Waals surface area contributed by atoms with Crippen molar-refractivity contribution in [3.63, 3.8) is 0 Å². The van der Waals surface area contributed by atoms with Crippen molar-refractivity contribution in [2.75, 3.05) is 6.26 Å². The van der Waals surface area contributed by atoms with Crippen LogP contribution in [0.1, 0.15) is 46.0 Å². The van der Waals surface area contributed by atoms with E-state index < -0.39 is 0 Å². The molecular formula is C13H22S. The molecule has 2 unspecified atom stereocenters. The lowest BCUT2D eigenvalue weighted by molar-refractivity contribution is 0.374. The lowest BCUT2D eigenvalue weighted by Crippen LogP contribution is -2.16. The van der Waals surface area contributed by atoms with Gasteiger partial charge in [0, 0.05) is 17.6 Å². The van der Waals surface area contributed by atoms with Crippen molar-refractivity contribution in [3.05, 3.63) is 0 Å². The predicted molar refractivity (Wildman–Crippen MR) is 66.5 cm³/mol. The average molecular weight is 210 g/mol. The summed E-state index contributed by atoms with van der Waals surface area (Å²) < 4.78 is 0. The monoisotopic (exact) mass is 210 g/mol. The van der Waals surface area contributed by atoms with Crippen LogP contribution in [0.3, 0.4) is 0 Å². The predicted octanol–water partition coefficient (Wildman–Crippen LogP) is 3.96. The Morgan fingerprint density at radius 1 is 1.50 bits per heavy atom. The van der Waals surface area contributed by atoms with E-state index in [4.69, 9.17) is 0 Å². The van der Waals surface area contributed by atoms with Gasteiger partial charge in [0.15, 0.2) is 0 Å². The number of thioether (sulfide) groups is 1. The third-order valence-corrected chi connectivity index (χ3v) is 4.41. The van der Waals surface area contributed by atoms with Gasteiger partial charge in [0.2, 0.25) is 0 Å². The van der Waals surface area contributed by atoms with Crippen molar-refractivity contribution in [1.82, 2.24) is 0 Å². The molecule has 0 heterocycles. The van der Waals surface area contributed by atoms with E-state index in [1.807, 2.05) is 11.8 Å². The first-order valence-corrected chi connectivity index (χ1v) is 7.07. The molecule has 1 aliphatic carbocycles. The minimum absolute atomic E-state index is 0.685. The first-order valence-electron chi connectivity index (χ1n) is 5.79. The van der Waals surface area contributed by atoms with Gasteiger partial charge in [-0.3, -0.25) is 0 Å². The van der Waals surface area contributed by atoms with Gasteiger partial charge in [-0.25, -0.2) is 0 Å². The molecule has 1 rings (SSSR count). The summed E-state index contributed by atoms with van der Waals surface area (Å²) in [5.41, 5.74) is 0. The van der Waals surface area contributed by atoms with E-state index in [1.165, 1.54) is 25.7 Å². The first-order chi connectivity index (χ1) is 6.77. The molecule has 0 aromatic carbocycles. The van der Waals surface area contributed by atoms with Crippen LogP contribution in [0.25, 0.3) is 0 Å². The summed E-state index contributed by atoms with van der Waals surface area (Å²) in [6.45, 7) is 4.67. The van der Waals surface area contributed by atoms with E-state index in [-0.39, 0.29) is 0 Å². The van der Waals surface area contributed by atoms with Gasteiger partial charge in [0.05, 0.1) is 0 Å². The Morgan fingerprint density at radius 3 is 2.79 bits per heavy atom. The van der Waals surface area contributed by atoms with E-state index >= 15 is 0 Å². The third kappa shape index (κ3) is 3.58. The summed E-state index contributed by atoms with van der Waals surface area (Å²) in [6.07, 6.45) is 8.65. The van der Waals surface area contributed by atoms with Gasteiger partial charge in [-0.15, -0.1) is 5.92 Å². The van der Waals surface area contributed by atoms with Gasteiger partial charge in [-0.1, -0.05) is 19.8 Å². The van der Waals surface area contributed by atoms with Crippen LogP contribution in [-0.2, 0) is 0 Å². The highest BCUT2D eigenvalue weighted by Crippen LogP contribution is 2.28. The zero-order chi connectivity index (χ0) is 10.4. The standard InChI is InChI=1S/C13H22S/c1-4-13(14-3)10-11(2)12-8-6-5-7-9-12/h11-13H,4-6,8,10H2,1-3H3/t11?,12-,13?/m1/s1. The Bertz CT molecular complexity index is 207.